The molecule has 0 heterocycles. The number of phenols is 1. The average Bonchev–Trinajstić information content (AvgIpc) is 3.24. The predicted molar refractivity (Wildman–Crippen MR) is 255 cm³/mol. The SMILES string of the molecule is CCCCCCCCc1ccccc1C(C)Cc1ccc(O)c(CC(C)c2ccccc2CCCCCCCC)c1CC(C)c1ccccc1CCCCCCCC. The molecule has 0 aliphatic carbocycles. The summed E-state index contributed by atoms with van der Waals surface area (Å²) in [6.45, 7) is 14.2. The fraction of sp³-hybridized carbons (Fsp3) is 0.579. The zero-order valence-corrected chi connectivity index (χ0v) is 38.2. The first-order valence-electron chi connectivity index (χ1n) is 24.4. The van der Waals surface area contributed by atoms with Crippen LogP contribution in [0.1, 0.15) is 225 Å². The van der Waals surface area contributed by atoms with Gasteiger partial charge in [0.1, 0.15) is 5.75 Å². The Morgan fingerprint density at radius 3 is 1.07 bits per heavy atom. The molecule has 58 heavy (non-hydrogen) atoms. The molecule has 0 aliphatic heterocycles. The van der Waals surface area contributed by atoms with Gasteiger partial charge in [-0.25, -0.2) is 0 Å². The molecule has 318 valence electrons. The summed E-state index contributed by atoms with van der Waals surface area (Å²) in [5, 5.41) is 11.8. The summed E-state index contributed by atoms with van der Waals surface area (Å²) in [6, 6.07) is 32.0. The second-order valence-electron chi connectivity index (χ2n) is 18.2. The van der Waals surface area contributed by atoms with Crippen molar-refractivity contribution in [1.82, 2.24) is 0 Å². The highest BCUT2D eigenvalue weighted by Crippen LogP contribution is 2.38. The molecule has 3 unspecified atom stereocenters. The first-order valence-corrected chi connectivity index (χ1v) is 24.4. The Morgan fingerprint density at radius 1 is 0.345 bits per heavy atom. The van der Waals surface area contributed by atoms with E-state index in [0.29, 0.717) is 23.5 Å². The van der Waals surface area contributed by atoms with Crippen molar-refractivity contribution < 1.29 is 5.11 Å². The molecule has 3 atom stereocenters. The van der Waals surface area contributed by atoms with E-state index in [9.17, 15) is 5.11 Å². The van der Waals surface area contributed by atoms with Gasteiger partial charge in [0.25, 0.3) is 0 Å². The highest BCUT2D eigenvalue weighted by Gasteiger charge is 2.23. The lowest BCUT2D eigenvalue weighted by atomic mass is 9.79. The minimum Gasteiger partial charge on any atom is -0.508 e. The summed E-state index contributed by atoms with van der Waals surface area (Å²) < 4.78 is 0. The summed E-state index contributed by atoms with van der Waals surface area (Å²) in [6.07, 6.45) is 30.1. The molecule has 1 nitrogen and oxygen atoms in total. The van der Waals surface area contributed by atoms with Crippen molar-refractivity contribution in [3.05, 3.63) is 135 Å². The highest BCUT2D eigenvalue weighted by atomic mass is 16.3. The normalized spacial score (nSPS) is 13.1. The summed E-state index contributed by atoms with van der Waals surface area (Å²) in [5.41, 5.74) is 13.0. The van der Waals surface area contributed by atoms with E-state index in [1.807, 2.05) is 6.07 Å². The Kier molecular flexibility index (Phi) is 22.4. The van der Waals surface area contributed by atoms with Gasteiger partial charge in [0, 0.05) is 0 Å². The number of benzene rings is 4. The van der Waals surface area contributed by atoms with Crippen molar-refractivity contribution in [3.63, 3.8) is 0 Å². The molecule has 0 radical (unpaired) electrons. The fourth-order valence-corrected chi connectivity index (χ4v) is 9.69. The summed E-state index contributed by atoms with van der Waals surface area (Å²) in [7, 11) is 0. The van der Waals surface area contributed by atoms with Gasteiger partial charge in [0.2, 0.25) is 0 Å². The zero-order valence-electron chi connectivity index (χ0n) is 38.2. The Hall–Kier alpha value is -3.32. The second-order valence-corrected chi connectivity index (χ2v) is 18.2. The first-order chi connectivity index (χ1) is 28.4. The lowest BCUT2D eigenvalue weighted by Gasteiger charge is -2.26. The lowest BCUT2D eigenvalue weighted by molar-refractivity contribution is 0.463. The van der Waals surface area contributed by atoms with Crippen molar-refractivity contribution in [2.24, 2.45) is 0 Å². The van der Waals surface area contributed by atoms with Gasteiger partial charge in [0.15, 0.2) is 0 Å². The molecule has 1 N–H and O–H groups in total. The molecule has 4 rings (SSSR count). The maximum atomic E-state index is 11.8. The van der Waals surface area contributed by atoms with Gasteiger partial charge in [-0.3, -0.25) is 0 Å². The molecule has 0 saturated heterocycles. The largest absolute Gasteiger partial charge is 0.508 e. The van der Waals surface area contributed by atoms with Crippen LogP contribution in [0, 0.1) is 0 Å². The molecule has 4 aromatic rings. The van der Waals surface area contributed by atoms with Crippen molar-refractivity contribution in [1.29, 1.82) is 0 Å². The third kappa shape index (κ3) is 15.7. The van der Waals surface area contributed by atoms with E-state index in [0.717, 1.165) is 32.1 Å². The second kappa shape index (κ2) is 27.4. The lowest BCUT2D eigenvalue weighted by Crippen LogP contribution is -2.12. The Morgan fingerprint density at radius 2 is 0.672 bits per heavy atom. The quantitative estimate of drug-likeness (QED) is 0.0522. The van der Waals surface area contributed by atoms with Crippen LogP contribution in [0.4, 0.5) is 0 Å². The monoisotopic (exact) mass is 785 g/mol. The van der Waals surface area contributed by atoms with E-state index in [2.05, 4.69) is 120 Å². The van der Waals surface area contributed by atoms with Gasteiger partial charge >= 0.3 is 0 Å². The number of aryl methyl sites for hydroxylation is 3. The van der Waals surface area contributed by atoms with E-state index in [-0.39, 0.29) is 0 Å². The first kappa shape index (κ1) is 47.4. The Bertz CT molecular complexity index is 1700. The number of unbranched alkanes of at least 4 members (excludes halogenated alkanes) is 15. The van der Waals surface area contributed by atoms with E-state index >= 15 is 0 Å². The molecule has 0 bridgehead atoms. The Labute approximate surface area is 357 Å². The van der Waals surface area contributed by atoms with Crippen LogP contribution >= 0.6 is 0 Å². The third-order valence-electron chi connectivity index (χ3n) is 13.2. The highest BCUT2D eigenvalue weighted by molar-refractivity contribution is 5.48. The molecule has 0 aliphatic rings. The van der Waals surface area contributed by atoms with Crippen LogP contribution in [0.5, 0.6) is 5.75 Å². The maximum Gasteiger partial charge on any atom is 0.119 e. The fourth-order valence-electron chi connectivity index (χ4n) is 9.69. The van der Waals surface area contributed by atoms with Gasteiger partial charge in [-0.1, -0.05) is 217 Å². The minimum absolute atomic E-state index is 0.321. The van der Waals surface area contributed by atoms with Gasteiger partial charge in [-0.15, -0.1) is 0 Å². The van der Waals surface area contributed by atoms with Gasteiger partial charge in [-0.05, 0) is 132 Å². The smallest absolute Gasteiger partial charge is 0.119 e. The molecule has 0 saturated carbocycles. The van der Waals surface area contributed by atoms with Crippen LogP contribution in [-0.2, 0) is 38.5 Å². The van der Waals surface area contributed by atoms with Crippen LogP contribution in [0.15, 0.2) is 84.9 Å². The van der Waals surface area contributed by atoms with Crippen molar-refractivity contribution in [2.45, 2.75) is 213 Å². The van der Waals surface area contributed by atoms with Crippen molar-refractivity contribution in [2.75, 3.05) is 0 Å². The van der Waals surface area contributed by atoms with Crippen LogP contribution < -0.4 is 0 Å². The maximum absolute atomic E-state index is 11.8. The molecule has 0 fully saturated rings. The van der Waals surface area contributed by atoms with E-state index in [1.54, 1.807) is 0 Å². The summed E-state index contributed by atoms with van der Waals surface area (Å²) >= 11 is 0. The number of rotatable bonds is 30. The van der Waals surface area contributed by atoms with Crippen molar-refractivity contribution in [3.8, 4) is 5.75 Å². The Balaban J connectivity index is 1.62. The average molecular weight is 785 g/mol. The third-order valence-corrected chi connectivity index (χ3v) is 13.2. The molecular weight excluding hydrogens is 701 g/mol. The predicted octanol–water partition coefficient (Wildman–Crippen LogP) is 17.1. The molecular formula is C57H84O. The van der Waals surface area contributed by atoms with E-state index in [4.69, 9.17) is 0 Å². The van der Waals surface area contributed by atoms with E-state index < -0.39 is 0 Å². The summed E-state index contributed by atoms with van der Waals surface area (Å²) in [5.74, 6) is 1.56. The topological polar surface area (TPSA) is 20.2 Å². The van der Waals surface area contributed by atoms with Gasteiger partial charge < -0.3 is 5.11 Å². The van der Waals surface area contributed by atoms with Gasteiger partial charge in [-0.2, -0.15) is 0 Å². The zero-order chi connectivity index (χ0) is 41.4. The standard InChI is InChI=1S/C57H84O/c1-7-10-13-16-19-22-31-48-34-25-28-37-52(48)45(4)42-51-40-41-57(58)56(44-47(6)54-39-30-27-36-50(54)33-24-21-18-15-12-9-3)55(51)43-46(5)53-38-29-26-35-49(53)32-23-20-17-14-11-8-2/h25-30,34-41,45-47,58H,7-24,31-33,42-44H2,1-6H3. The number of phenolic OH excluding ortho intramolecular Hbond substituents is 1. The van der Waals surface area contributed by atoms with Crippen molar-refractivity contribution >= 4 is 0 Å². The van der Waals surface area contributed by atoms with Crippen LogP contribution in [-0.4, -0.2) is 5.11 Å². The minimum atomic E-state index is 0.321. The molecule has 1 heteroatoms. The van der Waals surface area contributed by atoms with Crippen LogP contribution in [0.3, 0.4) is 0 Å². The van der Waals surface area contributed by atoms with Crippen LogP contribution in [0.2, 0.25) is 0 Å². The number of hydrogen-bond acceptors (Lipinski definition) is 1. The molecule has 4 aromatic carbocycles. The van der Waals surface area contributed by atoms with E-state index in [1.165, 1.54) is 172 Å². The number of hydrogen-bond donors (Lipinski definition) is 1. The molecule has 0 spiro atoms. The number of aromatic hydroxyl groups is 1. The van der Waals surface area contributed by atoms with Crippen LogP contribution in [0.25, 0.3) is 0 Å². The molecule has 0 aromatic heterocycles. The molecule has 0 amide bonds. The summed E-state index contributed by atoms with van der Waals surface area (Å²) in [4.78, 5) is 0. The van der Waals surface area contributed by atoms with Gasteiger partial charge in [0.05, 0.1) is 0 Å².